The molecule has 2 saturated carbocycles. The molecule has 0 heterocycles. The summed E-state index contributed by atoms with van der Waals surface area (Å²) < 4.78 is 5.14. The largest absolute Gasteiger partial charge is 0.383 e. The van der Waals surface area contributed by atoms with E-state index < -0.39 is 0 Å². The van der Waals surface area contributed by atoms with Crippen LogP contribution in [0.2, 0.25) is 0 Å². The first kappa shape index (κ1) is 14.6. The number of guanidine groups is 1. The molecule has 3 atom stereocenters. The molecule has 19 heavy (non-hydrogen) atoms. The van der Waals surface area contributed by atoms with Gasteiger partial charge >= 0.3 is 0 Å². The number of nitrogens with one attached hydrogen (secondary N) is 2. The molecule has 0 aliphatic heterocycles. The third kappa shape index (κ3) is 4.37. The Hall–Kier alpha value is -0.770. The second-order valence-corrected chi connectivity index (χ2v) is 6.12. The fourth-order valence-corrected chi connectivity index (χ4v) is 3.34. The van der Waals surface area contributed by atoms with E-state index in [4.69, 9.17) is 4.74 Å². The molecule has 0 aromatic heterocycles. The molecule has 110 valence electrons. The highest BCUT2D eigenvalue weighted by atomic mass is 16.5. The van der Waals surface area contributed by atoms with E-state index in [2.05, 4.69) is 22.5 Å². The predicted molar refractivity (Wildman–Crippen MR) is 79.4 cm³/mol. The van der Waals surface area contributed by atoms with Gasteiger partial charge in [-0.15, -0.1) is 0 Å². The maximum Gasteiger partial charge on any atom is 0.191 e. The van der Waals surface area contributed by atoms with Gasteiger partial charge in [0, 0.05) is 26.2 Å². The van der Waals surface area contributed by atoms with Crippen LogP contribution in [0.25, 0.3) is 0 Å². The zero-order chi connectivity index (χ0) is 13.7. The average Bonchev–Trinajstić information content (AvgIpc) is 3.18. The molecule has 0 saturated heterocycles. The highest BCUT2D eigenvalue weighted by Gasteiger charge is 2.43. The minimum absolute atomic E-state index is 0.295. The zero-order valence-corrected chi connectivity index (χ0v) is 12.6. The Morgan fingerprint density at radius 3 is 2.68 bits per heavy atom. The zero-order valence-electron chi connectivity index (χ0n) is 12.6. The smallest absolute Gasteiger partial charge is 0.191 e. The Kier molecular flexibility index (Phi) is 5.49. The predicted octanol–water partition coefficient (Wildman–Crippen LogP) is 2.16. The number of hydrogen-bond acceptors (Lipinski definition) is 2. The van der Waals surface area contributed by atoms with Crippen molar-refractivity contribution in [3.63, 3.8) is 0 Å². The van der Waals surface area contributed by atoms with Gasteiger partial charge in [-0.1, -0.05) is 32.1 Å². The van der Waals surface area contributed by atoms with E-state index in [0.29, 0.717) is 18.7 Å². The molecule has 2 aliphatic rings. The van der Waals surface area contributed by atoms with Crippen LogP contribution >= 0.6 is 0 Å². The SMILES string of the molecule is CN=C(NC(C)COC)NC1CC1C1CCCCC1. The monoisotopic (exact) mass is 267 g/mol. The van der Waals surface area contributed by atoms with Crippen LogP contribution in [0.3, 0.4) is 0 Å². The van der Waals surface area contributed by atoms with E-state index in [1.54, 1.807) is 7.11 Å². The van der Waals surface area contributed by atoms with E-state index >= 15 is 0 Å². The van der Waals surface area contributed by atoms with Crippen LogP contribution in [0.15, 0.2) is 4.99 Å². The summed E-state index contributed by atoms with van der Waals surface area (Å²) in [5.74, 6) is 2.77. The van der Waals surface area contributed by atoms with Gasteiger partial charge in [0.05, 0.1) is 6.61 Å². The van der Waals surface area contributed by atoms with Crippen LogP contribution in [0, 0.1) is 11.8 Å². The first-order chi connectivity index (χ1) is 9.24. The van der Waals surface area contributed by atoms with Crippen molar-refractivity contribution < 1.29 is 4.74 Å². The molecule has 0 radical (unpaired) electrons. The van der Waals surface area contributed by atoms with E-state index in [-0.39, 0.29) is 0 Å². The number of rotatable bonds is 5. The molecule has 0 aromatic rings. The molecule has 2 fully saturated rings. The molecule has 3 unspecified atom stereocenters. The number of aliphatic imine (C=N–C) groups is 1. The van der Waals surface area contributed by atoms with Gasteiger partial charge in [0.15, 0.2) is 5.96 Å². The summed E-state index contributed by atoms with van der Waals surface area (Å²) in [5.41, 5.74) is 0. The molecule has 2 rings (SSSR count). The normalized spacial score (nSPS) is 29.9. The Bertz CT molecular complexity index is 300. The Morgan fingerprint density at radius 1 is 1.32 bits per heavy atom. The summed E-state index contributed by atoms with van der Waals surface area (Å²) in [5, 5.41) is 6.94. The number of methoxy groups -OCH3 is 1. The third-order valence-corrected chi connectivity index (χ3v) is 4.44. The van der Waals surface area contributed by atoms with Crippen molar-refractivity contribution >= 4 is 5.96 Å². The van der Waals surface area contributed by atoms with E-state index in [1.165, 1.54) is 38.5 Å². The number of nitrogens with zero attached hydrogens (tertiary/aromatic N) is 1. The van der Waals surface area contributed by atoms with E-state index in [0.717, 1.165) is 17.8 Å². The lowest BCUT2D eigenvalue weighted by Gasteiger charge is -2.22. The van der Waals surface area contributed by atoms with Crippen molar-refractivity contribution in [3.05, 3.63) is 0 Å². The fraction of sp³-hybridized carbons (Fsp3) is 0.933. The lowest BCUT2D eigenvalue weighted by Crippen LogP contribution is -2.45. The van der Waals surface area contributed by atoms with Crippen molar-refractivity contribution in [2.24, 2.45) is 16.8 Å². The summed E-state index contributed by atoms with van der Waals surface area (Å²) in [7, 11) is 3.57. The van der Waals surface area contributed by atoms with Gasteiger partial charge in [-0.3, -0.25) is 4.99 Å². The fourth-order valence-electron chi connectivity index (χ4n) is 3.34. The van der Waals surface area contributed by atoms with Crippen LogP contribution < -0.4 is 10.6 Å². The van der Waals surface area contributed by atoms with Crippen molar-refractivity contribution in [2.45, 2.75) is 57.5 Å². The highest BCUT2D eigenvalue weighted by molar-refractivity contribution is 5.80. The molecule has 2 N–H and O–H groups in total. The first-order valence-electron chi connectivity index (χ1n) is 7.73. The minimum Gasteiger partial charge on any atom is -0.383 e. The summed E-state index contributed by atoms with van der Waals surface area (Å²) in [6.45, 7) is 2.82. The summed E-state index contributed by atoms with van der Waals surface area (Å²) in [4.78, 5) is 4.31. The summed E-state index contributed by atoms with van der Waals surface area (Å²) >= 11 is 0. The Balaban J connectivity index is 1.72. The standard InChI is InChI=1S/C15H29N3O/c1-11(10-19-3)17-15(16-2)18-14-9-13(14)12-7-5-4-6-8-12/h11-14H,4-10H2,1-3H3,(H2,16,17,18). The van der Waals surface area contributed by atoms with Crippen LogP contribution in [-0.4, -0.2) is 38.8 Å². The van der Waals surface area contributed by atoms with Crippen molar-refractivity contribution in [3.8, 4) is 0 Å². The molecular weight excluding hydrogens is 238 g/mol. The molecule has 4 heteroatoms. The molecular formula is C15H29N3O. The topological polar surface area (TPSA) is 45.7 Å². The van der Waals surface area contributed by atoms with Gasteiger partial charge in [-0.05, 0) is 25.2 Å². The van der Waals surface area contributed by atoms with E-state index in [9.17, 15) is 0 Å². The van der Waals surface area contributed by atoms with Gasteiger partial charge in [-0.25, -0.2) is 0 Å². The molecule has 4 nitrogen and oxygen atoms in total. The first-order valence-corrected chi connectivity index (χ1v) is 7.73. The second-order valence-electron chi connectivity index (χ2n) is 6.12. The van der Waals surface area contributed by atoms with Gasteiger partial charge < -0.3 is 15.4 Å². The maximum absolute atomic E-state index is 5.14. The summed E-state index contributed by atoms with van der Waals surface area (Å²) in [6.07, 6.45) is 8.52. The molecule has 0 bridgehead atoms. The van der Waals surface area contributed by atoms with Crippen molar-refractivity contribution in [2.75, 3.05) is 20.8 Å². The van der Waals surface area contributed by atoms with Gasteiger partial charge in [0.25, 0.3) is 0 Å². The highest BCUT2D eigenvalue weighted by Crippen LogP contribution is 2.44. The van der Waals surface area contributed by atoms with Crippen molar-refractivity contribution in [1.82, 2.24) is 10.6 Å². The molecule has 0 aromatic carbocycles. The number of hydrogen-bond donors (Lipinski definition) is 2. The summed E-state index contributed by atoms with van der Waals surface area (Å²) in [6, 6.07) is 0.937. The third-order valence-electron chi connectivity index (χ3n) is 4.44. The molecule has 2 aliphatic carbocycles. The van der Waals surface area contributed by atoms with Crippen LogP contribution in [0.1, 0.15) is 45.4 Å². The van der Waals surface area contributed by atoms with Gasteiger partial charge in [0.2, 0.25) is 0 Å². The molecule has 0 amide bonds. The van der Waals surface area contributed by atoms with Crippen LogP contribution in [0.4, 0.5) is 0 Å². The van der Waals surface area contributed by atoms with Crippen LogP contribution in [0.5, 0.6) is 0 Å². The maximum atomic E-state index is 5.14. The lowest BCUT2D eigenvalue weighted by molar-refractivity contribution is 0.179. The lowest BCUT2D eigenvalue weighted by atomic mass is 9.85. The number of ether oxygens (including phenoxy) is 1. The minimum atomic E-state index is 0.295. The van der Waals surface area contributed by atoms with Crippen LogP contribution in [-0.2, 0) is 4.74 Å². The average molecular weight is 267 g/mol. The Morgan fingerprint density at radius 2 is 2.05 bits per heavy atom. The van der Waals surface area contributed by atoms with Gasteiger partial charge in [0.1, 0.15) is 0 Å². The Labute approximate surface area is 117 Å². The second kappa shape index (κ2) is 7.13. The van der Waals surface area contributed by atoms with Gasteiger partial charge in [-0.2, -0.15) is 0 Å². The molecule has 0 spiro atoms. The van der Waals surface area contributed by atoms with E-state index in [1.807, 2.05) is 7.05 Å². The quantitative estimate of drug-likeness (QED) is 0.593. The van der Waals surface area contributed by atoms with Crippen molar-refractivity contribution in [1.29, 1.82) is 0 Å².